The summed E-state index contributed by atoms with van der Waals surface area (Å²) in [5.41, 5.74) is 3.34. The lowest BCUT2D eigenvalue weighted by Gasteiger charge is -2.41. The van der Waals surface area contributed by atoms with Gasteiger partial charge in [0.05, 0.1) is 41.7 Å². The van der Waals surface area contributed by atoms with Crippen LogP contribution in [0.5, 0.6) is 28.7 Å². The summed E-state index contributed by atoms with van der Waals surface area (Å²) >= 11 is 0. The first-order chi connectivity index (χ1) is 14.6. The Morgan fingerprint density at radius 1 is 0.667 bits per heavy atom. The Balaban J connectivity index is 1.89. The fraction of sp³-hybridized carbons (Fsp3) is 0.500. The van der Waals surface area contributed by atoms with Crippen LogP contribution in [0, 0.1) is 0 Å². The summed E-state index contributed by atoms with van der Waals surface area (Å²) in [6, 6.07) is 8.11. The molecule has 0 bridgehead atoms. The molecule has 1 aliphatic carbocycles. The van der Waals surface area contributed by atoms with Crippen LogP contribution >= 0.6 is 0 Å². The first-order valence-electron chi connectivity index (χ1n) is 10.4. The maximum atomic E-state index is 6.70. The fourth-order valence-corrected chi connectivity index (χ4v) is 4.83. The minimum Gasteiger partial charge on any atom is -0.493 e. The fourth-order valence-electron chi connectivity index (χ4n) is 4.83. The topological polar surface area (TPSA) is 55.4 Å². The average molecular weight is 414 g/mol. The number of benzene rings is 2. The van der Waals surface area contributed by atoms with E-state index in [0.717, 1.165) is 29.7 Å². The zero-order chi connectivity index (χ0) is 21.3. The van der Waals surface area contributed by atoms with Crippen LogP contribution in [0.3, 0.4) is 0 Å². The van der Waals surface area contributed by atoms with Crippen molar-refractivity contribution in [2.45, 2.75) is 43.8 Å². The number of fused-ring (bicyclic) bond motifs is 3. The van der Waals surface area contributed by atoms with Gasteiger partial charge in [-0.1, -0.05) is 12.8 Å². The Morgan fingerprint density at radius 2 is 1.23 bits per heavy atom. The lowest BCUT2D eigenvalue weighted by Crippen LogP contribution is -2.33. The summed E-state index contributed by atoms with van der Waals surface area (Å²) in [7, 11) is 8.20. The number of rotatable bonds is 6. The Morgan fingerprint density at radius 3 is 1.80 bits per heavy atom. The third kappa shape index (κ3) is 3.43. The van der Waals surface area contributed by atoms with E-state index in [9.17, 15) is 0 Å². The first kappa shape index (κ1) is 20.7. The summed E-state index contributed by atoms with van der Waals surface area (Å²) in [5, 5.41) is 0. The highest BCUT2D eigenvalue weighted by atomic mass is 16.5. The van der Waals surface area contributed by atoms with E-state index in [0.29, 0.717) is 28.9 Å². The summed E-state index contributed by atoms with van der Waals surface area (Å²) in [6.45, 7) is 0. The van der Waals surface area contributed by atoms with Gasteiger partial charge in [-0.2, -0.15) is 0 Å². The van der Waals surface area contributed by atoms with Crippen molar-refractivity contribution in [3.05, 3.63) is 41.0 Å². The van der Waals surface area contributed by atoms with E-state index < -0.39 is 0 Å². The second-order valence-electron chi connectivity index (χ2n) is 7.74. The van der Waals surface area contributed by atoms with E-state index >= 15 is 0 Å². The van der Waals surface area contributed by atoms with Gasteiger partial charge in [0.25, 0.3) is 0 Å². The van der Waals surface area contributed by atoms with Crippen LogP contribution in [0.25, 0.3) is 0 Å². The summed E-state index contributed by atoms with van der Waals surface area (Å²) < 4.78 is 34.6. The molecule has 2 aliphatic rings. The van der Waals surface area contributed by atoms with Crippen LogP contribution in [-0.2, 0) is 4.74 Å². The summed E-state index contributed by atoms with van der Waals surface area (Å²) in [4.78, 5) is 0. The molecule has 2 aromatic rings. The molecule has 0 radical (unpaired) electrons. The van der Waals surface area contributed by atoms with E-state index in [-0.39, 0.29) is 12.2 Å². The van der Waals surface area contributed by atoms with Crippen molar-refractivity contribution in [1.29, 1.82) is 0 Å². The van der Waals surface area contributed by atoms with Gasteiger partial charge >= 0.3 is 0 Å². The van der Waals surface area contributed by atoms with E-state index in [4.69, 9.17) is 28.4 Å². The van der Waals surface area contributed by atoms with Gasteiger partial charge in [-0.25, -0.2) is 0 Å². The molecule has 0 saturated heterocycles. The summed E-state index contributed by atoms with van der Waals surface area (Å²) in [6.07, 6.45) is 4.49. The number of ether oxygens (including phenoxy) is 6. The van der Waals surface area contributed by atoms with E-state index in [1.807, 2.05) is 18.2 Å². The smallest absolute Gasteiger partial charge is 0.203 e. The van der Waals surface area contributed by atoms with E-state index in [1.54, 1.807) is 35.5 Å². The number of hydrogen-bond donors (Lipinski definition) is 0. The second-order valence-corrected chi connectivity index (χ2v) is 7.74. The molecule has 1 heterocycles. The van der Waals surface area contributed by atoms with Crippen molar-refractivity contribution in [1.82, 2.24) is 0 Å². The average Bonchev–Trinajstić information content (AvgIpc) is 2.81. The van der Waals surface area contributed by atoms with Crippen LogP contribution in [0.1, 0.15) is 54.4 Å². The van der Waals surface area contributed by atoms with Crippen LogP contribution in [0.4, 0.5) is 0 Å². The van der Waals surface area contributed by atoms with Crippen molar-refractivity contribution in [3.63, 3.8) is 0 Å². The standard InChI is InChI=1S/C24H30O6/c1-25-19-12-16-15-8-6-7-9-18(15)30-23(17(16)13-20(19)26-2)14-10-21(27-3)24(29-5)22(11-14)28-4/h10-13,15,18,23H,6-9H2,1-5H3. The molecule has 1 fully saturated rings. The normalized spacial score (nSPS) is 22.5. The third-order valence-electron chi connectivity index (χ3n) is 6.27. The van der Waals surface area contributed by atoms with Crippen molar-refractivity contribution in [2.24, 2.45) is 0 Å². The van der Waals surface area contributed by atoms with E-state index in [1.165, 1.54) is 18.4 Å². The molecule has 0 spiro atoms. The lowest BCUT2D eigenvalue weighted by molar-refractivity contribution is -0.0392. The molecule has 6 heteroatoms. The van der Waals surface area contributed by atoms with Crippen molar-refractivity contribution >= 4 is 0 Å². The second kappa shape index (κ2) is 8.64. The Labute approximate surface area is 178 Å². The molecule has 1 aliphatic heterocycles. The van der Waals surface area contributed by atoms with Crippen molar-refractivity contribution in [2.75, 3.05) is 35.5 Å². The lowest BCUT2D eigenvalue weighted by atomic mass is 9.76. The Hall–Kier alpha value is -2.60. The molecular formula is C24H30O6. The quantitative estimate of drug-likeness (QED) is 0.672. The molecule has 2 aromatic carbocycles. The van der Waals surface area contributed by atoms with Gasteiger partial charge in [0.15, 0.2) is 23.0 Å². The predicted molar refractivity (Wildman–Crippen MR) is 114 cm³/mol. The molecular weight excluding hydrogens is 384 g/mol. The largest absolute Gasteiger partial charge is 0.493 e. The van der Waals surface area contributed by atoms with Gasteiger partial charge < -0.3 is 28.4 Å². The monoisotopic (exact) mass is 414 g/mol. The molecule has 1 saturated carbocycles. The van der Waals surface area contributed by atoms with E-state index in [2.05, 4.69) is 6.07 Å². The Kier molecular flexibility index (Phi) is 5.95. The highest BCUT2D eigenvalue weighted by Crippen LogP contribution is 2.51. The maximum absolute atomic E-state index is 6.70. The molecule has 3 unspecified atom stereocenters. The summed E-state index contributed by atoms with van der Waals surface area (Å²) in [5.74, 6) is 3.62. The van der Waals surface area contributed by atoms with Crippen molar-refractivity contribution in [3.8, 4) is 28.7 Å². The van der Waals surface area contributed by atoms with Crippen molar-refractivity contribution < 1.29 is 28.4 Å². The predicted octanol–water partition coefficient (Wildman–Crippen LogP) is 4.88. The SMILES string of the molecule is COc1cc2c(cc1OC)C1CCCCC1OC2c1cc(OC)c(OC)c(OC)c1. The molecule has 0 amide bonds. The van der Waals surface area contributed by atoms with Crippen LogP contribution in [0.2, 0.25) is 0 Å². The molecule has 3 atom stereocenters. The van der Waals surface area contributed by atoms with Gasteiger partial charge in [0, 0.05) is 5.92 Å². The highest BCUT2D eigenvalue weighted by Gasteiger charge is 2.39. The third-order valence-corrected chi connectivity index (χ3v) is 6.27. The van der Waals surface area contributed by atoms with Gasteiger partial charge in [-0.05, 0) is 53.8 Å². The minimum absolute atomic E-state index is 0.174. The molecule has 162 valence electrons. The molecule has 4 rings (SSSR count). The molecule has 30 heavy (non-hydrogen) atoms. The zero-order valence-electron chi connectivity index (χ0n) is 18.3. The van der Waals surface area contributed by atoms with Gasteiger partial charge in [-0.3, -0.25) is 0 Å². The highest BCUT2D eigenvalue weighted by molar-refractivity contribution is 5.58. The van der Waals surface area contributed by atoms with Gasteiger partial charge in [0.2, 0.25) is 5.75 Å². The van der Waals surface area contributed by atoms with Crippen LogP contribution in [0.15, 0.2) is 24.3 Å². The van der Waals surface area contributed by atoms with Crippen LogP contribution in [-0.4, -0.2) is 41.7 Å². The van der Waals surface area contributed by atoms with Crippen LogP contribution < -0.4 is 23.7 Å². The maximum Gasteiger partial charge on any atom is 0.203 e. The van der Waals surface area contributed by atoms with Gasteiger partial charge in [-0.15, -0.1) is 0 Å². The Bertz CT molecular complexity index is 884. The molecule has 0 N–H and O–H groups in total. The minimum atomic E-state index is -0.257. The molecule has 6 nitrogen and oxygen atoms in total. The zero-order valence-corrected chi connectivity index (χ0v) is 18.3. The number of hydrogen-bond acceptors (Lipinski definition) is 6. The van der Waals surface area contributed by atoms with Gasteiger partial charge in [0.1, 0.15) is 6.10 Å². The first-order valence-corrected chi connectivity index (χ1v) is 10.4. The molecule has 0 aromatic heterocycles. The number of methoxy groups -OCH3 is 5.